The highest BCUT2D eigenvalue weighted by Crippen LogP contribution is 2.23. The first-order valence-corrected chi connectivity index (χ1v) is 6.25. The fourth-order valence-corrected chi connectivity index (χ4v) is 2.09. The van der Waals surface area contributed by atoms with Crippen molar-refractivity contribution in [2.24, 2.45) is 0 Å². The van der Waals surface area contributed by atoms with E-state index in [9.17, 15) is 8.78 Å². The number of benzene rings is 1. The Bertz CT molecular complexity index is 565. The van der Waals surface area contributed by atoms with E-state index in [2.05, 4.69) is 5.32 Å². The van der Waals surface area contributed by atoms with Crippen molar-refractivity contribution in [3.8, 4) is 0 Å². The molecule has 0 bridgehead atoms. The molecule has 19 heavy (non-hydrogen) atoms. The van der Waals surface area contributed by atoms with Crippen molar-refractivity contribution in [2.45, 2.75) is 32.9 Å². The highest BCUT2D eigenvalue weighted by atomic mass is 19.2. The molecule has 2 aromatic rings. The number of hydrogen-bond donors (Lipinski definition) is 1. The molecule has 0 spiro atoms. The summed E-state index contributed by atoms with van der Waals surface area (Å²) in [7, 11) is 0. The number of aryl methyl sites for hydroxylation is 1. The van der Waals surface area contributed by atoms with Gasteiger partial charge in [0.05, 0.1) is 6.04 Å². The summed E-state index contributed by atoms with van der Waals surface area (Å²) in [6.45, 7) is 5.59. The number of furan rings is 1. The number of halogens is 2. The lowest BCUT2D eigenvalue weighted by Crippen LogP contribution is -2.23. The van der Waals surface area contributed by atoms with E-state index in [0.717, 1.165) is 17.6 Å². The van der Waals surface area contributed by atoms with Gasteiger partial charge in [0.25, 0.3) is 0 Å². The van der Waals surface area contributed by atoms with Gasteiger partial charge in [-0.1, -0.05) is 12.1 Å². The van der Waals surface area contributed by atoms with Crippen molar-refractivity contribution in [1.82, 2.24) is 5.32 Å². The molecule has 4 heteroatoms. The fraction of sp³-hybridized carbons (Fsp3) is 0.333. The first kappa shape index (κ1) is 13.7. The van der Waals surface area contributed by atoms with Gasteiger partial charge in [-0.25, -0.2) is 8.78 Å². The zero-order chi connectivity index (χ0) is 14.0. The van der Waals surface area contributed by atoms with Crippen LogP contribution in [0, 0.1) is 18.6 Å². The van der Waals surface area contributed by atoms with E-state index in [4.69, 9.17) is 4.42 Å². The van der Waals surface area contributed by atoms with E-state index < -0.39 is 11.6 Å². The van der Waals surface area contributed by atoms with Gasteiger partial charge in [-0.15, -0.1) is 0 Å². The van der Waals surface area contributed by atoms with Crippen LogP contribution in [-0.2, 0) is 0 Å². The predicted molar refractivity (Wildman–Crippen MR) is 69.8 cm³/mol. The molecule has 2 rings (SSSR count). The summed E-state index contributed by atoms with van der Waals surface area (Å²) in [5.41, 5.74) is 0.315. The average Bonchev–Trinajstić information content (AvgIpc) is 2.79. The average molecular weight is 265 g/mol. The topological polar surface area (TPSA) is 25.2 Å². The van der Waals surface area contributed by atoms with Crippen LogP contribution >= 0.6 is 0 Å². The van der Waals surface area contributed by atoms with E-state index in [1.54, 1.807) is 13.0 Å². The minimum absolute atomic E-state index is 0.0774. The molecule has 102 valence electrons. The lowest BCUT2D eigenvalue weighted by Gasteiger charge is -2.19. The minimum Gasteiger partial charge on any atom is -0.465 e. The molecular weight excluding hydrogens is 248 g/mol. The predicted octanol–water partition coefficient (Wildman–Crippen LogP) is 4.28. The third-order valence-electron chi connectivity index (χ3n) is 3.14. The summed E-state index contributed by atoms with van der Waals surface area (Å²) < 4.78 is 32.4. The summed E-state index contributed by atoms with van der Waals surface area (Å²) in [6.07, 6.45) is 0. The van der Waals surface area contributed by atoms with Gasteiger partial charge in [-0.2, -0.15) is 0 Å². The lowest BCUT2D eigenvalue weighted by molar-refractivity contribution is 0.384. The van der Waals surface area contributed by atoms with Gasteiger partial charge in [0, 0.05) is 11.6 Å². The molecule has 1 heterocycles. The monoisotopic (exact) mass is 265 g/mol. The van der Waals surface area contributed by atoms with Crippen molar-refractivity contribution in [2.75, 3.05) is 0 Å². The maximum Gasteiger partial charge on any atom is 0.163 e. The third-order valence-corrected chi connectivity index (χ3v) is 3.14. The van der Waals surface area contributed by atoms with Crippen molar-refractivity contribution in [3.63, 3.8) is 0 Å². The van der Waals surface area contributed by atoms with E-state index >= 15 is 0 Å². The van der Waals surface area contributed by atoms with Crippen LogP contribution in [-0.4, -0.2) is 0 Å². The molecule has 1 aromatic carbocycles. The molecule has 1 aromatic heterocycles. The zero-order valence-electron chi connectivity index (χ0n) is 11.2. The molecule has 0 amide bonds. The van der Waals surface area contributed by atoms with Gasteiger partial charge in [-0.05, 0) is 39.0 Å². The lowest BCUT2D eigenvalue weighted by atomic mass is 10.1. The van der Waals surface area contributed by atoms with Crippen LogP contribution in [0.4, 0.5) is 8.78 Å². The second-order valence-electron chi connectivity index (χ2n) is 4.70. The first-order valence-electron chi connectivity index (χ1n) is 6.25. The summed E-state index contributed by atoms with van der Waals surface area (Å²) in [6, 6.07) is 7.57. The maximum atomic E-state index is 13.7. The summed E-state index contributed by atoms with van der Waals surface area (Å²) in [5, 5.41) is 3.19. The fourth-order valence-electron chi connectivity index (χ4n) is 2.09. The molecule has 0 fully saturated rings. The largest absolute Gasteiger partial charge is 0.465 e. The van der Waals surface area contributed by atoms with Crippen LogP contribution in [0.3, 0.4) is 0 Å². The number of nitrogens with one attached hydrogen (secondary N) is 1. The standard InChI is InChI=1S/C15H17F2NO/c1-9-7-8-14(19-9)11(3)18-10(2)12-5-4-6-13(16)15(12)17/h4-8,10-11,18H,1-3H3. The second-order valence-corrected chi connectivity index (χ2v) is 4.70. The molecule has 0 saturated carbocycles. The van der Waals surface area contributed by atoms with E-state index in [0.29, 0.717) is 5.56 Å². The molecule has 1 N–H and O–H groups in total. The quantitative estimate of drug-likeness (QED) is 0.892. The number of hydrogen-bond acceptors (Lipinski definition) is 2. The van der Waals surface area contributed by atoms with Crippen molar-refractivity contribution in [3.05, 3.63) is 59.1 Å². The summed E-state index contributed by atoms with van der Waals surface area (Å²) >= 11 is 0. The first-order chi connectivity index (χ1) is 8.99. The van der Waals surface area contributed by atoms with E-state index in [-0.39, 0.29) is 12.1 Å². The van der Waals surface area contributed by atoms with Crippen LogP contribution in [0.25, 0.3) is 0 Å². The molecular formula is C15H17F2NO. The SMILES string of the molecule is Cc1ccc(C(C)NC(C)c2cccc(F)c2F)o1. The molecule has 0 aliphatic heterocycles. The Hall–Kier alpha value is -1.68. The van der Waals surface area contributed by atoms with Gasteiger partial charge in [0.1, 0.15) is 11.5 Å². The van der Waals surface area contributed by atoms with Crippen LogP contribution in [0.15, 0.2) is 34.7 Å². The Balaban J connectivity index is 2.12. The smallest absolute Gasteiger partial charge is 0.163 e. The molecule has 2 nitrogen and oxygen atoms in total. The molecule has 2 unspecified atom stereocenters. The Labute approximate surface area is 111 Å². The third kappa shape index (κ3) is 3.01. The molecule has 0 saturated heterocycles. The van der Waals surface area contributed by atoms with Gasteiger partial charge in [-0.3, -0.25) is 0 Å². The molecule has 0 aliphatic carbocycles. The second kappa shape index (κ2) is 5.53. The Morgan fingerprint density at radius 3 is 2.42 bits per heavy atom. The Kier molecular flexibility index (Phi) is 4.00. The summed E-state index contributed by atoms with van der Waals surface area (Å²) in [5.74, 6) is -0.0210. The Morgan fingerprint density at radius 1 is 1.05 bits per heavy atom. The zero-order valence-corrected chi connectivity index (χ0v) is 11.2. The van der Waals surface area contributed by atoms with Crippen LogP contribution in [0.5, 0.6) is 0 Å². The van der Waals surface area contributed by atoms with Gasteiger partial charge in [0.15, 0.2) is 11.6 Å². The highest BCUT2D eigenvalue weighted by Gasteiger charge is 2.18. The van der Waals surface area contributed by atoms with Crippen molar-refractivity contribution in [1.29, 1.82) is 0 Å². The Morgan fingerprint density at radius 2 is 1.79 bits per heavy atom. The molecule has 0 aliphatic rings. The molecule has 0 radical (unpaired) electrons. The van der Waals surface area contributed by atoms with Crippen LogP contribution in [0.2, 0.25) is 0 Å². The maximum absolute atomic E-state index is 13.7. The highest BCUT2D eigenvalue weighted by molar-refractivity contribution is 5.22. The van der Waals surface area contributed by atoms with Gasteiger partial charge >= 0.3 is 0 Å². The van der Waals surface area contributed by atoms with Gasteiger partial charge in [0.2, 0.25) is 0 Å². The molecule has 2 atom stereocenters. The summed E-state index contributed by atoms with van der Waals surface area (Å²) in [4.78, 5) is 0. The normalized spacial score (nSPS) is 14.4. The van der Waals surface area contributed by atoms with Crippen LogP contribution in [0.1, 0.15) is 43.0 Å². The van der Waals surface area contributed by atoms with Crippen molar-refractivity contribution < 1.29 is 13.2 Å². The van der Waals surface area contributed by atoms with Crippen LogP contribution < -0.4 is 5.32 Å². The van der Waals surface area contributed by atoms with Crippen molar-refractivity contribution >= 4 is 0 Å². The van der Waals surface area contributed by atoms with Gasteiger partial charge < -0.3 is 9.73 Å². The minimum atomic E-state index is -0.826. The van der Waals surface area contributed by atoms with E-state index in [1.807, 2.05) is 26.0 Å². The van der Waals surface area contributed by atoms with E-state index in [1.165, 1.54) is 6.07 Å². The number of rotatable bonds is 4.